The van der Waals surface area contributed by atoms with Crippen molar-refractivity contribution < 1.29 is 5.11 Å². The summed E-state index contributed by atoms with van der Waals surface area (Å²) in [5, 5.41) is 9.94. The minimum absolute atomic E-state index is 0.0574. The standard InChI is InChI=1S/C12H23NO/c1-9-5-3-6-10(2)13(9)11-7-4-8-12(11)14/h9-12,14H,3-8H2,1-2H3/t9?,10?,11-,12-/m0/s1. The SMILES string of the molecule is CC1CCCC(C)N1[C@H]1CCC[C@@H]1O. The van der Waals surface area contributed by atoms with E-state index in [1.807, 2.05) is 0 Å². The average Bonchev–Trinajstić information content (AvgIpc) is 2.52. The first kappa shape index (κ1) is 10.4. The fourth-order valence-corrected chi connectivity index (χ4v) is 3.36. The molecule has 0 bridgehead atoms. The van der Waals surface area contributed by atoms with Gasteiger partial charge in [-0.15, -0.1) is 0 Å². The summed E-state index contributed by atoms with van der Waals surface area (Å²) >= 11 is 0. The molecule has 2 fully saturated rings. The van der Waals surface area contributed by atoms with Gasteiger partial charge in [-0.3, -0.25) is 4.90 Å². The Morgan fingerprint density at radius 3 is 2.00 bits per heavy atom. The Bertz CT molecular complexity index is 185. The molecule has 1 aliphatic carbocycles. The van der Waals surface area contributed by atoms with Gasteiger partial charge in [-0.25, -0.2) is 0 Å². The first-order valence-electron chi connectivity index (χ1n) is 6.15. The van der Waals surface area contributed by atoms with Gasteiger partial charge in [0.25, 0.3) is 0 Å². The maximum Gasteiger partial charge on any atom is 0.0695 e. The van der Waals surface area contributed by atoms with Crippen LogP contribution in [0.5, 0.6) is 0 Å². The highest BCUT2D eigenvalue weighted by Crippen LogP contribution is 2.32. The van der Waals surface area contributed by atoms with E-state index in [9.17, 15) is 5.11 Å². The lowest BCUT2D eigenvalue weighted by atomic mass is 9.94. The number of rotatable bonds is 1. The summed E-state index contributed by atoms with van der Waals surface area (Å²) in [5.41, 5.74) is 0. The molecule has 1 heterocycles. The normalized spacial score (nSPS) is 45.6. The molecule has 0 radical (unpaired) electrons. The van der Waals surface area contributed by atoms with Crippen LogP contribution in [0.2, 0.25) is 0 Å². The lowest BCUT2D eigenvalue weighted by Crippen LogP contribution is -2.52. The molecule has 4 atom stereocenters. The van der Waals surface area contributed by atoms with Crippen molar-refractivity contribution in [3.8, 4) is 0 Å². The molecule has 1 saturated carbocycles. The van der Waals surface area contributed by atoms with Crippen molar-refractivity contribution in [2.75, 3.05) is 0 Å². The Hall–Kier alpha value is -0.0800. The topological polar surface area (TPSA) is 23.5 Å². The quantitative estimate of drug-likeness (QED) is 0.696. The summed E-state index contributed by atoms with van der Waals surface area (Å²) in [6.07, 6.45) is 7.36. The highest BCUT2D eigenvalue weighted by Gasteiger charge is 2.37. The smallest absolute Gasteiger partial charge is 0.0695 e. The van der Waals surface area contributed by atoms with E-state index in [-0.39, 0.29) is 6.10 Å². The van der Waals surface area contributed by atoms with Crippen LogP contribution in [0.15, 0.2) is 0 Å². The van der Waals surface area contributed by atoms with Crippen LogP contribution in [0, 0.1) is 0 Å². The molecule has 2 aliphatic rings. The summed E-state index contributed by atoms with van der Waals surface area (Å²) in [6, 6.07) is 1.81. The van der Waals surface area contributed by atoms with Crippen molar-refractivity contribution in [3.05, 3.63) is 0 Å². The number of hydrogen-bond acceptors (Lipinski definition) is 2. The van der Waals surface area contributed by atoms with Crippen molar-refractivity contribution in [1.29, 1.82) is 0 Å². The summed E-state index contributed by atoms with van der Waals surface area (Å²) in [6.45, 7) is 4.64. The molecule has 14 heavy (non-hydrogen) atoms. The molecule has 0 amide bonds. The van der Waals surface area contributed by atoms with Gasteiger partial charge >= 0.3 is 0 Å². The zero-order valence-electron chi connectivity index (χ0n) is 9.45. The van der Waals surface area contributed by atoms with Crippen LogP contribution in [0.1, 0.15) is 52.4 Å². The Kier molecular flexibility index (Phi) is 3.13. The van der Waals surface area contributed by atoms with E-state index in [4.69, 9.17) is 0 Å². The Morgan fingerprint density at radius 2 is 1.50 bits per heavy atom. The number of aliphatic hydroxyl groups is 1. The number of piperidine rings is 1. The molecule has 2 heteroatoms. The van der Waals surface area contributed by atoms with Crippen LogP contribution in [-0.2, 0) is 0 Å². The highest BCUT2D eigenvalue weighted by molar-refractivity contribution is 4.92. The Morgan fingerprint density at radius 1 is 0.929 bits per heavy atom. The number of hydrogen-bond donors (Lipinski definition) is 1. The summed E-state index contributed by atoms with van der Waals surface area (Å²) in [4.78, 5) is 2.58. The second-order valence-electron chi connectivity index (χ2n) is 5.14. The maximum atomic E-state index is 9.94. The molecule has 0 spiro atoms. The third-order valence-corrected chi connectivity index (χ3v) is 4.09. The first-order valence-corrected chi connectivity index (χ1v) is 6.15. The molecule has 82 valence electrons. The molecule has 0 aromatic heterocycles. The van der Waals surface area contributed by atoms with E-state index in [1.54, 1.807) is 0 Å². The van der Waals surface area contributed by atoms with Crippen LogP contribution in [0.3, 0.4) is 0 Å². The van der Waals surface area contributed by atoms with Gasteiger partial charge in [0.1, 0.15) is 0 Å². The van der Waals surface area contributed by atoms with Crippen LogP contribution in [0.4, 0.5) is 0 Å². The average molecular weight is 197 g/mol. The predicted molar refractivity (Wildman–Crippen MR) is 58.3 cm³/mol. The van der Waals surface area contributed by atoms with Crippen molar-refractivity contribution in [2.45, 2.75) is 76.6 Å². The molecular weight excluding hydrogens is 174 g/mol. The predicted octanol–water partition coefficient (Wildman–Crippen LogP) is 2.16. The van der Waals surface area contributed by atoms with Crippen LogP contribution in [-0.4, -0.2) is 34.2 Å². The summed E-state index contributed by atoms with van der Waals surface area (Å²) in [7, 11) is 0. The van der Waals surface area contributed by atoms with Gasteiger partial charge in [0.2, 0.25) is 0 Å². The van der Waals surface area contributed by atoms with Crippen LogP contribution >= 0.6 is 0 Å². The number of aliphatic hydroxyl groups excluding tert-OH is 1. The Labute approximate surface area is 87.3 Å². The zero-order valence-corrected chi connectivity index (χ0v) is 9.45. The van der Waals surface area contributed by atoms with E-state index in [2.05, 4.69) is 18.7 Å². The first-order chi connectivity index (χ1) is 6.70. The molecule has 0 aromatic carbocycles. The molecule has 1 saturated heterocycles. The zero-order chi connectivity index (χ0) is 10.1. The third-order valence-electron chi connectivity index (χ3n) is 4.09. The van der Waals surface area contributed by atoms with Gasteiger partial charge in [-0.05, 0) is 46.0 Å². The van der Waals surface area contributed by atoms with Crippen molar-refractivity contribution in [1.82, 2.24) is 4.90 Å². The van der Waals surface area contributed by atoms with E-state index in [0.717, 1.165) is 6.42 Å². The summed E-state index contributed by atoms with van der Waals surface area (Å²) < 4.78 is 0. The molecule has 1 aliphatic heterocycles. The van der Waals surface area contributed by atoms with Crippen LogP contribution in [0.25, 0.3) is 0 Å². The molecule has 0 aromatic rings. The minimum Gasteiger partial charge on any atom is -0.391 e. The molecule has 1 N–H and O–H groups in total. The monoisotopic (exact) mass is 197 g/mol. The molecule has 2 unspecified atom stereocenters. The van der Waals surface area contributed by atoms with Gasteiger partial charge in [-0.2, -0.15) is 0 Å². The second kappa shape index (κ2) is 4.19. The van der Waals surface area contributed by atoms with E-state index >= 15 is 0 Å². The Balaban J connectivity index is 2.05. The lowest BCUT2D eigenvalue weighted by molar-refractivity contribution is 0.0000602. The fourth-order valence-electron chi connectivity index (χ4n) is 3.36. The minimum atomic E-state index is -0.0574. The fraction of sp³-hybridized carbons (Fsp3) is 1.00. The van der Waals surface area contributed by atoms with Crippen molar-refractivity contribution in [2.24, 2.45) is 0 Å². The second-order valence-corrected chi connectivity index (χ2v) is 5.14. The van der Waals surface area contributed by atoms with Crippen LogP contribution < -0.4 is 0 Å². The third kappa shape index (κ3) is 1.82. The van der Waals surface area contributed by atoms with Crippen molar-refractivity contribution in [3.63, 3.8) is 0 Å². The number of nitrogens with zero attached hydrogens (tertiary/aromatic N) is 1. The van der Waals surface area contributed by atoms with E-state index < -0.39 is 0 Å². The van der Waals surface area contributed by atoms with Gasteiger partial charge in [0, 0.05) is 18.1 Å². The van der Waals surface area contributed by atoms with Crippen molar-refractivity contribution >= 4 is 0 Å². The molecule has 2 rings (SSSR count). The largest absolute Gasteiger partial charge is 0.391 e. The van der Waals surface area contributed by atoms with E-state index in [0.29, 0.717) is 18.1 Å². The highest BCUT2D eigenvalue weighted by atomic mass is 16.3. The molecule has 2 nitrogen and oxygen atoms in total. The summed E-state index contributed by atoms with van der Waals surface area (Å²) in [5.74, 6) is 0. The van der Waals surface area contributed by atoms with Gasteiger partial charge in [-0.1, -0.05) is 6.42 Å². The van der Waals surface area contributed by atoms with E-state index in [1.165, 1.54) is 32.1 Å². The van der Waals surface area contributed by atoms with Gasteiger partial charge in [0.05, 0.1) is 6.10 Å². The molecular formula is C12H23NO. The van der Waals surface area contributed by atoms with Gasteiger partial charge < -0.3 is 5.11 Å². The number of likely N-dealkylation sites (tertiary alicyclic amines) is 1. The lowest BCUT2D eigenvalue weighted by Gasteiger charge is -2.44. The maximum absolute atomic E-state index is 9.94. The van der Waals surface area contributed by atoms with Gasteiger partial charge in [0.15, 0.2) is 0 Å².